The van der Waals surface area contributed by atoms with E-state index >= 15 is 0 Å². The fourth-order valence-electron chi connectivity index (χ4n) is 1.24. The minimum atomic E-state index is 0.149. The van der Waals surface area contributed by atoms with Crippen molar-refractivity contribution < 1.29 is 14.1 Å². The number of rotatable bonds is 3. The van der Waals surface area contributed by atoms with E-state index in [1.165, 1.54) is 0 Å². The van der Waals surface area contributed by atoms with Crippen LogP contribution in [0.5, 0.6) is 5.88 Å². The molecule has 0 amide bonds. The first-order valence-corrected chi connectivity index (χ1v) is 4.18. The molecule has 1 fully saturated rings. The summed E-state index contributed by atoms with van der Waals surface area (Å²) in [6.07, 6.45) is 2.25. The topological polar surface area (TPSA) is 83.4 Å². The van der Waals surface area contributed by atoms with Crippen molar-refractivity contribution in [3.05, 3.63) is 0 Å². The van der Waals surface area contributed by atoms with Gasteiger partial charge < -0.3 is 15.2 Å². The van der Waals surface area contributed by atoms with Gasteiger partial charge in [0, 0.05) is 6.61 Å². The van der Waals surface area contributed by atoms with Crippen molar-refractivity contribution in [2.45, 2.75) is 18.9 Å². The first-order chi connectivity index (χ1) is 6.36. The molecule has 0 unspecified atom stereocenters. The molecule has 6 nitrogen and oxygen atoms in total. The monoisotopic (exact) mass is 185 g/mol. The number of nitrogen functional groups attached to an aromatic ring is 1. The molecule has 1 aliphatic heterocycles. The van der Waals surface area contributed by atoms with Crippen LogP contribution in [0.3, 0.4) is 0 Å². The van der Waals surface area contributed by atoms with Crippen molar-refractivity contribution in [1.82, 2.24) is 10.3 Å². The molecule has 2 rings (SSSR count). The first-order valence-electron chi connectivity index (χ1n) is 4.18. The Hall–Kier alpha value is -1.30. The van der Waals surface area contributed by atoms with Crippen LogP contribution in [0.1, 0.15) is 12.8 Å². The maximum Gasteiger partial charge on any atom is 0.300 e. The lowest BCUT2D eigenvalue weighted by atomic mass is 10.2. The molecule has 2 N–H and O–H groups in total. The number of nitrogens with two attached hydrogens (primary N) is 1. The second-order valence-corrected chi connectivity index (χ2v) is 2.90. The van der Waals surface area contributed by atoms with Crippen LogP contribution in [0.4, 0.5) is 5.82 Å². The number of hydrogen-bond donors (Lipinski definition) is 1. The van der Waals surface area contributed by atoms with E-state index in [0.717, 1.165) is 19.4 Å². The predicted molar refractivity (Wildman–Crippen MR) is 43.2 cm³/mol. The summed E-state index contributed by atoms with van der Waals surface area (Å²) < 4.78 is 15.0. The van der Waals surface area contributed by atoms with Crippen molar-refractivity contribution in [3.8, 4) is 5.88 Å². The second-order valence-electron chi connectivity index (χ2n) is 2.90. The molecule has 0 radical (unpaired) electrons. The van der Waals surface area contributed by atoms with E-state index in [4.69, 9.17) is 15.2 Å². The minimum Gasteiger partial charge on any atom is -0.470 e. The van der Waals surface area contributed by atoms with Crippen LogP contribution >= 0.6 is 0 Å². The molecular weight excluding hydrogens is 174 g/mol. The Morgan fingerprint density at radius 3 is 3.08 bits per heavy atom. The fourth-order valence-corrected chi connectivity index (χ4v) is 1.24. The van der Waals surface area contributed by atoms with Gasteiger partial charge in [-0.3, -0.25) is 0 Å². The highest BCUT2D eigenvalue weighted by molar-refractivity contribution is 5.36. The third-order valence-corrected chi connectivity index (χ3v) is 1.91. The molecule has 0 bridgehead atoms. The molecule has 1 aliphatic rings. The number of nitrogens with zero attached hydrogens (tertiary/aromatic N) is 2. The summed E-state index contributed by atoms with van der Waals surface area (Å²) in [6.45, 7) is 1.26. The second kappa shape index (κ2) is 3.61. The molecule has 2 heterocycles. The van der Waals surface area contributed by atoms with E-state index in [1.807, 2.05) is 0 Å². The maximum atomic E-state index is 5.39. The molecule has 13 heavy (non-hydrogen) atoms. The van der Waals surface area contributed by atoms with Crippen LogP contribution in [0, 0.1) is 0 Å². The molecular formula is C7H11N3O3. The third-order valence-electron chi connectivity index (χ3n) is 1.91. The summed E-state index contributed by atoms with van der Waals surface area (Å²) in [5.74, 6) is 0.425. The highest BCUT2D eigenvalue weighted by Crippen LogP contribution is 2.17. The number of hydrogen-bond acceptors (Lipinski definition) is 6. The maximum absolute atomic E-state index is 5.39. The Morgan fingerprint density at radius 2 is 2.46 bits per heavy atom. The van der Waals surface area contributed by atoms with Gasteiger partial charge >= 0.3 is 0 Å². The van der Waals surface area contributed by atoms with E-state index in [9.17, 15) is 0 Å². The average molecular weight is 185 g/mol. The van der Waals surface area contributed by atoms with Gasteiger partial charge in [-0.05, 0) is 23.2 Å². The summed E-state index contributed by atoms with van der Waals surface area (Å²) in [5, 5.41) is 6.88. The molecule has 1 aromatic heterocycles. The minimum absolute atomic E-state index is 0.149. The Balaban J connectivity index is 1.82. The van der Waals surface area contributed by atoms with Gasteiger partial charge in [0.05, 0.1) is 6.10 Å². The quantitative estimate of drug-likeness (QED) is 0.724. The zero-order valence-corrected chi connectivity index (χ0v) is 7.10. The predicted octanol–water partition coefficient (Wildman–Crippen LogP) is 0.210. The van der Waals surface area contributed by atoms with Crippen LogP contribution in [0.2, 0.25) is 0 Å². The van der Waals surface area contributed by atoms with Crippen LogP contribution in [0.25, 0.3) is 0 Å². The lowest BCUT2D eigenvalue weighted by Crippen LogP contribution is -2.16. The molecule has 1 aromatic rings. The first kappa shape index (κ1) is 8.31. The Morgan fingerprint density at radius 1 is 1.54 bits per heavy atom. The van der Waals surface area contributed by atoms with Crippen molar-refractivity contribution >= 4 is 5.82 Å². The van der Waals surface area contributed by atoms with Crippen molar-refractivity contribution in [3.63, 3.8) is 0 Å². The normalized spacial score (nSPS) is 22.0. The highest BCUT2D eigenvalue weighted by atomic mass is 16.6. The SMILES string of the molecule is Nc1nonc1OC[C@H]1CCCO1. The van der Waals surface area contributed by atoms with Gasteiger partial charge in [-0.15, -0.1) is 0 Å². The zero-order chi connectivity index (χ0) is 9.10. The van der Waals surface area contributed by atoms with E-state index in [-0.39, 0.29) is 17.8 Å². The van der Waals surface area contributed by atoms with Gasteiger partial charge in [0.15, 0.2) is 0 Å². The Labute approximate surface area is 75.0 Å². The molecule has 0 spiro atoms. The van der Waals surface area contributed by atoms with Gasteiger partial charge in [0.25, 0.3) is 5.88 Å². The Bertz CT molecular complexity index is 270. The molecule has 1 saturated heterocycles. The largest absolute Gasteiger partial charge is 0.470 e. The molecule has 0 saturated carbocycles. The van der Waals surface area contributed by atoms with Crippen molar-refractivity contribution in [2.24, 2.45) is 0 Å². The Kier molecular flexibility index (Phi) is 2.31. The number of ether oxygens (including phenoxy) is 2. The standard InChI is InChI=1S/C7H11N3O3/c8-6-7(10-13-9-6)12-4-5-2-1-3-11-5/h5H,1-4H2,(H2,8,9)/t5-/m1/s1. The molecule has 6 heteroatoms. The summed E-state index contributed by atoms with van der Waals surface area (Å²) >= 11 is 0. The third kappa shape index (κ3) is 1.89. The van der Waals surface area contributed by atoms with Gasteiger partial charge in [0.2, 0.25) is 5.82 Å². The summed E-state index contributed by atoms with van der Waals surface area (Å²) in [7, 11) is 0. The number of anilines is 1. The van der Waals surface area contributed by atoms with Crippen LogP contribution in [0.15, 0.2) is 4.63 Å². The van der Waals surface area contributed by atoms with Crippen LogP contribution in [-0.4, -0.2) is 29.6 Å². The van der Waals surface area contributed by atoms with Crippen molar-refractivity contribution in [2.75, 3.05) is 18.9 Å². The number of aromatic nitrogens is 2. The molecule has 1 atom stereocenters. The molecule has 72 valence electrons. The van der Waals surface area contributed by atoms with E-state index < -0.39 is 0 Å². The summed E-state index contributed by atoms with van der Waals surface area (Å²) in [4.78, 5) is 0. The van der Waals surface area contributed by atoms with Gasteiger partial charge in [-0.25, -0.2) is 4.63 Å². The van der Waals surface area contributed by atoms with Gasteiger partial charge in [-0.2, -0.15) is 0 Å². The van der Waals surface area contributed by atoms with E-state index in [0.29, 0.717) is 6.61 Å². The molecule has 0 aliphatic carbocycles. The van der Waals surface area contributed by atoms with Gasteiger partial charge in [-0.1, -0.05) is 0 Å². The fraction of sp³-hybridized carbons (Fsp3) is 0.714. The lowest BCUT2D eigenvalue weighted by molar-refractivity contribution is 0.0650. The van der Waals surface area contributed by atoms with Gasteiger partial charge in [0.1, 0.15) is 6.61 Å². The van der Waals surface area contributed by atoms with Crippen molar-refractivity contribution in [1.29, 1.82) is 0 Å². The lowest BCUT2D eigenvalue weighted by Gasteiger charge is -2.08. The summed E-state index contributed by atoms with van der Waals surface area (Å²) in [5.41, 5.74) is 5.39. The highest BCUT2D eigenvalue weighted by Gasteiger charge is 2.17. The molecule has 0 aromatic carbocycles. The summed E-state index contributed by atoms with van der Waals surface area (Å²) in [6, 6.07) is 0. The average Bonchev–Trinajstić information content (AvgIpc) is 2.72. The van der Waals surface area contributed by atoms with E-state index in [2.05, 4.69) is 14.9 Å². The smallest absolute Gasteiger partial charge is 0.300 e. The van der Waals surface area contributed by atoms with Crippen LogP contribution in [-0.2, 0) is 4.74 Å². The van der Waals surface area contributed by atoms with Crippen LogP contribution < -0.4 is 10.5 Å². The zero-order valence-electron chi connectivity index (χ0n) is 7.10. The van der Waals surface area contributed by atoms with E-state index in [1.54, 1.807) is 0 Å².